The first-order chi connectivity index (χ1) is 9.04. The van der Waals surface area contributed by atoms with E-state index >= 15 is 0 Å². The van der Waals surface area contributed by atoms with Crippen molar-refractivity contribution in [3.63, 3.8) is 0 Å². The largest absolute Gasteiger partial charge is 0.365 e. The maximum absolute atomic E-state index is 11.8. The Morgan fingerprint density at radius 3 is 2.63 bits per heavy atom. The fourth-order valence-electron chi connectivity index (χ4n) is 1.96. The number of amides is 1. The molecule has 2 N–H and O–H groups in total. The number of hydrogen-bond donors (Lipinski definition) is 2. The van der Waals surface area contributed by atoms with E-state index in [-0.39, 0.29) is 11.9 Å². The zero-order valence-electron chi connectivity index (χ0n) is 12.4. The molecule has 0 heterocycles. The predicted molar refractivity (Wildman–Crippen MR) is 80.4 cm³/mol. The maximum atomic E-state index is 11.8. The van der Waals surface area contributed by atoms with E-state index in [1.807, 2.05) is 37.9 Å². The summed E-state index contributed by atoms with van der Waals surface area (Å²) in [4.78, 5) is 13.8. The molecule has 0 aliphatic carbocycles. The highest BCUT2D eigenvalue weighted by molar-refractivity contribution is 5.81. The van der Waals surface area contributed by atoms with Crippen LogP contribution in [-0.4, -0.2) is 32.1 Å². The highest BCUT2D eigenvalue weighted by Crippen LogP contribution is 2.18. The molecular formula is C15H25N3O. The average molecular weight is 263 g/mol. The summed E-state index contributed by atoms with van der Waals surface area (Å²) in [6.45, 7) is 8.16. The Hall–Kier alpha value is -1.55. The first-order valence-corrected chi connectivity index (χ1v) is 6.83. The molecule has 0 saturated carbocycles. The number of rotatable bonds is 7. The van der Waals surface area contributed by atoms with Crippen molar-refractivity contribution in [2.24, 2.45) is 0 Å². The lowest BCUT2D eigenvalue weighted by atomic mass is 10.1. The van der Waals surface area contributed by atoms with Gasteiger partial charge in [0.15, 0.2) is 0 Å². The summed E-state index contributed by atoms with van der Waals surface area (Å²) in [6.07, 6.45) is 0. The highest BCUT2D eigenvalue weighted by atomic mass is 16.2. The lowest BCUT2D eigenvalue weighted by Crippen LogP contribution is -2.39. The summed E-state index contributed by atoms with van der Waals surface area (Å²) in [5.41, 5.74) is 2.31. The second-order valence-corrected chi connectivity index (χ2v) is 4.99. The zero-order chi connectivity index (χ0) is 14.3. The molecule has 0 unspecified atom stereocenters. The third kappa shape index (κ3) is 5.30. The minimum absolute atomic E-state index is 0.0516. The smallest absolute Gasteiger partial charge is 0.239 e. The van der Waals surface area contributed by atoms with E-state index in [1.165, 1.54) is 5.56 Å². The molecule has 1 aromatic carbocycles. The van der Waals surface area contributed by atoms with Gasteiger partial charge in [0.2, 0.25) is 5.91 Å². The number of carbonyl (C=O) groups excluding carboxylic acids is 1. The van der Waals surface area contributed by atoms with E-state index < -0.39 is 0 Å². The molecule has 0 atom stereocenters. The fourth-order valence-corrected chi connectivity index (χ4v) is 1.96. The summed E-state index contributed by atoms with van der Waals surface area (Å²) >= 11 is 0. The van der Waals surface area contributed by atoms with E-state index in [9.17, 15) is 4.79 Å². The van der Waals surface area contributed by atoms with Crippen LogP contribution in [0.15, 0.2) is 24.3 Å². The molecular weight excluding hydrogens is 238 g/mol. The molecule has 106 valence electrons. The predicted octanol–water partition coefficient (Wildman–Crippen LogP) is 1.76. The Bertz CT molecular complexity index is 404. The van der Waals surface area contributed by atoms with E-state index in [1.54, 1.807) is 0 Å². The molecule has 1 aromatic rings. The van der Waals surface area contributed by atoms with Gasteiger partial charge >= 0.3 is 0 Å². The molecule has 0 fully saturated rings. The van der Waals surface area contributed by atoms with E-state index in [0.29, 0.717) is 6.54 Å². The molecule has 4 heteroatoms. The molecule has 4 nitrogen and oxygen atoms in total. The van der Waals surface area contributed by atoms with Crippen LogP contribution in [0.4, 0.5) is 5.69 Å². The van der Waals surface area contributed by atoms with Crippen LogP contribution in [0, 0.1) is 0 Å². The van der Waals surface area contributed by atoms with Crippen molar-refractivity contribution >= 4 is 11.6 Å². The fraction of sp³-hybridized carbons (Fsp3) is 0.533. The van der Waals surface area contributed by atoms with Crippen LogP contribution < -0.4 is 15.5 Å². The van der Waals surface area contributed by atoms with Gasteiger partial charge < -0.3 is 15.5 Å². The Labute approximate surface area is 116 Å². The molecule has 0 saturated heterocycles. The standard InChI is InChI=1S/C15H25N3O/c1-5-16-10-13-8-6-7-9-14(13)18(4)11-15(19)17-12(2)3/h6-9,12,16H,5,10-11H2,1-4H3,(H,17,19). The molecule has 0 radical (unpaired) electrons. The third-order valence-corrected chi connectivity index (χ3v) is 2.80. The van der Waals surface area contributed by atoms with Crippen molar-refractivity contribution in [2.75, 3.05) is 25.0 Å². The van der Waals surface area contributed by atoms with Gasteiger partial charge in [-0.05, 0) is 32.0 Å². The average Bonchev–Trinajstić information content (AvgIpc) is 2.35. The summed E-state index contributed by atoms with van der Waals surface area (Å²) in [5.74, 6) is 0.0516. The van der Waals surface area contributed by atoms with Gasteiger partial charge in [0, 0.05) is 25.3 Å². The lowest BCUT2D eigenvalue weighted by molar-refractivity contribution is -0.120. The number of para-hydroxylation sites is 1. The number of hydrogen-bond acceptors (Lipinski definition) is 3. The molecule has 0 aliphatic heterocycles. The normalized spacial score (nSPS) is 10.6. The topological polar surface area (TPSA) is 44.4 Å². The van der Waals surface area contributed by atoms with Gasteiger partial charge in [-0.15, -0.1) is 0 Å². The van der Waals surface area contributed by atoms with Crippen molar-refractivity contribution in [2.45, 2.75) is 33.4 Å². The molecule has 19 heavy (non-hydrogen) atoms. The van der Waals surface area contributed by atoms with Crippen LogP contribution in [0.3, 0.4) is 0 Å². The van der Waals surface area contributed by atoms with Gasteiger partial charge in [-0.25, -0.2) is 0 Å². The number of anilines is 1. The highest BCUT2D eigenvalue weighted by Gasteiger charge is 2.11. The maximum Gasteiger partial charge on any atom is 0.239 e. The van der Waals surface area contributed by atoms with Gasteiger partial charge in [-0.2, -0.15) is 0 Å². The Kier molecular flexibility index (Phi) is 6.36. The molecule has 0 spiro atoms. The van der Waals surface area contributed by atoms with Crippen molar-refractivity contribution < 1.29 is 4.79 Å². The minimum Gasteiger partial charge on any atom is -0.365 e. The first kappa shape index (κ1) is 15.5. The summed E-state index contributed by atoms with van der Waals surface area (Å²) < 4.78 is 0. The van der Waals surface area contributed by atoms with Crippen LogP contribution >= 0.6 is 0 Å². The number of nitrogens with one attached hydrogen (secondary N) is 2. The van der Waals surface area contributed by atoms with Crippen molar-refractivity contribution in [1.29, 1.82) is 0 Å². The summed E-state index contributed by atoms with van der Waals surface area (Å²) in [6, 6.07) is 8.35. The second kappa shape index (κ2) is 7.79. The third-order valence-electron chi connectivity index (χ3n) is 2.80. The number of carbonyl (C=O) groups is 1. The monoisotopic (exact) mass is 263 g/mol. The Morgan fingerprint density at radius 1 is 1.32 bits per heavy atom. The lowest BCUT2D eigenvalue weighted by Gasteiger charge is -2.22. The number of likely N-dealkylation sites (N-methyl/N-ethyl adjacent to an activating group) is 1. The van der Waals surface area contributed by atoms with Crippen LogP contribution in [0.5, 0.6) is 0 Å². The molecule has 1 amide bonds. The second-order valence-electron chi connectivity index (χ2n) is 4.99. The molecule has 0 bridgehead atoms. The van der Waals surface area contributed by atoms with E-state index in [4.69, 9.17) is 0 Å². The first-order valence-electron chi connectivity index (χ1n) is 6.83. The van der Waals surface area contributed by atoms with Gasteiger partial charge in [-0.1, -0.05) is 25.1 Å². The van der Waals surface area contributed by atoms with Gasteiger partial charge in [-0.3, -0.25) is 4.79 Å². The summed E-state index contributed by atoms with van der Waals surface area (Å²) in [7, 11) is 1.95. The number of benzene rings is 1. The minimum atomic E-state index is 0.0516. The number of nitrogens with zero attached hydrogens (tertiary/aromatic N) is 1. The Morgan fingerprint density at radius 2 is 2.00 bits per heavy atom. The van der Waals surface area contributed by atoms with Crippen molar-refractivity contribution in [3.8, 4) is 0 Å². The van der Waals surface area contributed by atoms with Crippen LogP contribution in [-0.2, 0) is 11.3 Å². The van der Waals surface area contributed by atoms with Gasteiger partial charge in [0.1, 0.15) is 0 Å². The van der Waals surface area contributed by atoms with Crippen LogP contribution in [0.25, 0.3) is 0 Å². The van der Waals surface area contributed by atoms with Crippen LogP contribution in [0.1, 0.15) is 26.3 Å². The molecule has 1 rings (SSSR count). The van der Waals surface area contributed by atoms with Crippen molar-refractivity contribution in [1.82, 2.24) is 10.6 Å². The molecule has 0 aliphatic rings. The molecule has 0 aromatic heterocycles. The SMILES string of the molecule is CCNCc1ccccc1N(C)CC(=O)NC(C)C. The quantitative estimate of drug-likeness (QED) is 0.788. The van der Waals surface area contributed by atoms with Crippen molar-refractivity contribution in [3.05, 3.63) is 29.8 Å². The van der Waals surface area contributed by atoms with Gasteiger partial charge in [0.25, 0.3) is 0 Å². The van der Waals surface area contributed by atoms with Gasteiger partial charge in [0.05, 0.1) is 6.54 Å². The van der Waals surface area contributed by atoms with E-state index in [0.717, 1.165) is 18.8 Å². The zero-order valence-corrected chi connectivity index (χ0v) is 12.4. The van der Waals surface area contributed by atoms with E-state index in [2.05, 4.69) is 29.7 Å². The van der Waals surface area contributed by atoms with Crippen LogP contribution in [0.2, 0.25) is 0 Å². The summed E-state index contributed by atoms with van der Waals surface area (Å²) in [5, 5.41) is 6.23. The Balaban J connectivity index is 2.70.